The summed E-state index contributed by atoms with van der Waals surface area (Å²) in [6, 6.07) is 5.16. The highest BCUT2D eigenvalue weighted by atomic mass is 16.5. The molecule has 1 unspecified atom stereocenters. The van der Waals surface area contributed by atoms with Crippen LogP contribution in [-0.2, 0) is 6.42 Å². The van der Waals surface area contributed by atoms with Crippen molar-refractivity contribution in [1.29, 1.82) is 0 Å². The molecule has 0 bridgehead atoms. The van der Waals surface area contributed by atoms with Crippen LogP contribution in [0.15, 0.2) is 28.9 Å². The van der Waals surface area contributed by atoms with Gasteiger partial charge in [-0.2, -0.15) is 4.98 Å². The van der Waals surface area contributed by atoms with Crippen molar-refractivity contribution in [2.24, 2.45) is 5.92 Å². The molecule has 2 aliphatic rings. The minimum Gasteiger partial charge on any atom is -0.339 e. The van der Waals surface area contributed by atoms with Gasteiger partial charge in [-0.05, 0) is 37.8 Å². The summed E-state index contributed by atoms with van der Waals surface area (Å²) < 4.78 is 5.22. The third kappa shape index (κ3) is 4.32. The van der Waals surface area contributed by atoms with E-state index in [9.17, 15) is 9.59 Å². The van der Waals surface area contributed by atoms with Crippen molar-refractivity contribution < 1.29 is 14.1 Å². The lowest BCUT2D eigenvalue weighted by Crippen LogP contribution is -2.47. The number of rotatable bonds is 6. The molecule has 0 spiro atoms. The topological polar surface area (TPSA) is 101 Å². The van der Waals surface area contributed by atoms with Gasteiger partial charge in [0.1, 0.15) is 5.69 Å². The normalized spacial score (nSPS) is 19.7. The Hall–Kier alpha value is -2.77. The minimum absolute atomic E-state index is 0.00695. The average molecular weight is 369 g/mol. The number of amides is 2. The number of ketones is 1. The molecular weight excluding hydrogens is 346 g/mol. The van der Waals surface area contributed by atoms with Gasteiger partial charge in [0.25, 0.3) is 0 Å². The van der Waals surface area contributed by atoms with E-state index in [1.807, 2.05) is 0 Å². The summed E-state index contributed by atoms with van der Waals surface area (Å²) in [5.74, 6) is 1.58. The van der Waals surface area contributed by atoms with E-state index in [1.54, 1.807) is 29.3 Å². The van der Waals surface area contributed by atoms with Gasteiger partial charge in [-0.3, -0.25) is 9.78 Å². The summed E-state index contributed by atoms with van der Waals surface area (Å²) >= 11 is 0. The summed E-state index contributed by atoms with van der Waals surface area (Å²) in [5.41, 5.74) is 0.466. The van der Waals surface area contributed by atoms with Crippen LogP contribution in [0.5, 0.6) is 0 Å². The predicted molar refractivity (Wildman–Crippen MR) is 96.2 cm³/mol. The highest BCUT2D eigenvalue weighted by Gasteiger charge is 2.30. The Kier molecular flexibility index (Phi) is 5.13. The van der Waals surface area contributed by atoms with Crippen molar-refractivity contribution in [3.8, 4) is 0 Å². The highest BCUT2D eigenvalue weighted by molar-refractivity contribution is 5.96. The monoisotopic (exact) mass is 369 g/mol. The molecule has 1 aliphatic heterocycles. The second-order valence-corrected chi connectivity index (χ2v) is 7.17. The Morgan fingerprint density at radius 2 is 2.15 bits per heavy atom. The van der Waals surface area contributed by atoms with Gasteiger partial charge in [0.15, 0.2) is 11.6 Å². The molecule has 27 heavy (non-hydrogen) atoms. The number of aromatic nitrogens is 3. The van der Waals surface area contributed by atoms with Gasteiger partial charge in [-0.1, -0.05) is 11.2 Å². The van der Waals surface area contributed by atoms with Crippen molar-refractivity contribution in [3.63, 3.8) is 0 Å². The third-order valence-corrected chi connectivity index (χ3v) is 5.03. The van der Waals surface area contributed by atoms with Crippen molar-refractivity contribution in [2.75, 3.05) is 19.6 Å². The Labute approximate surface area is 157 Å². The number of carbonyl (C=O) groups is 2. The minimum atomic E-state index is -0.197. The average Bonchev–Trinajstić information content (AvgIpc) is 3.47. The van der Waals surface area contributed by atoms with Crippen LogP contribution in [-0.4, -0.2) is 51.5 Å². The highest BCUT2D eigenvalue weighted by Crippen LogP contribution is 2.38. The van der Waals surface area contributed by atoms with Crippen LogP contribution < -0.4 is 5.32 Å². The molecule has 0 aromatic carbocycles. The maximum Gasteiger partial charge on any atom is 0.317 e. The largest absolute Gasteiger partial charge is 0.339 e. The fourth-order valence-corrected chi connectivity index (χ4v) is 3.35. The number of piperidine rings is 1. The maximum atomic E-state index is 12.6. The van der Waals surface area contributed by atoms with Gasteiger partial charge in [-0.15, -0.1) is 0 Å². The molecule has 3 heterocycles. The summed E-state index contributed by atoms with van der Waals surface area (Å²) in [6.07, 6.45) is 5.98. The lowest BCUT2D eigenvalue weighted by atomic mass is 9.92. The van der Waals surface area contributed by atoms with Crippen molar-refractivity contribution >= 4 is 11.8 Å². The van der Waals surface area contributed by atoms with Gasteiger partial charge < -0.3 is 14.7 Å². The van der Waals surface area contributed by atoms with Crippen LogP contribution in [0, 0.1) is 5.92 Å². The molecule has 1 atom stereocenters. The number of pyridine rings is 1. The zero-order chi connectivity index (χ0) is 18.6. The second-order valence-electron chi connectivity index (χ2n) is 7.17. The summed E-state index contributed by atoms with van der Waals surface area (Å²) in [5, 5.41) is 6.85. The quantitative estimate of drug-likeness (QED) is 0.783. The molecule has 1 aliphatic carbocycles. The molecule has 2 aromatic heterocycles. The number of hydrogen-bond acceptors (Lipinski definition) is 6. The number of nitrogens with one attached hydrogen (secondary N) is 1. The van der Waals surface area contributed by atoms with Gasteiger partial charge in [0.05, 0.1) is 0 Å². The van der Waals surface area contributed by atoms with E-state index >= 15 is 0 Å². The Morgan fingerprint density at radius 1 is 1.26 bits per heavy atom. The zero-order valence-corrected chi connectivity index (χ0v) is 15.1. The van der Waals surface area contributed by atoms with E-state index in [-0.39, 0.29) is 17.7 Å². The first-order chi connectivity index (χ1) is 13.2. The molecule has 8 heteroatoms. The van der Waals surface area contributed by atoms with Crippen LogP contribution in [0.1, 0.15) is 53.8 Å². The SMILES string of the molecule is O=C(c1ccccn1)C1CCCN(C(=O)NCCc2noc(C3CC3)n2)C1. The van der Waals surface area contributed by atoms with Gasteiger partial charge >= 0.3 is 6.03 Å². The number of hydrogen-bond donors (Lipinski definition) is 1. The molecule has 1 saturated heterocycles. The van der Waals surface area contributed by atoms with Crippen LogP contribution >= 0.6 is 0 Å². The summed E-state index contributed by atoms with van der Waals surface area (Å²) in [6.45, 7) is 1.53. The first kappa shape index (κ1) is 17.6. The summed E-state index contributed by atoms with van der Waals surface area (Å²) in [7, 11) is 0. The van der Waals surface area contributed by atoms with E-state index in [0.717, 1.165) is 25.7 Å². The van der Waals surface area contributed by atoms with E-state index < -0.39 is 0 Å². The molecular formula is C19H23N5O3. The van der Waals surface area contributed by atoms with Crippen molar-refractivity contribution in [3.05, 3.63) is 41.8 Å². The zero-order valence-electron chi connectivity index (χ0n) is 15.1. The molecule has 2 aromatic rings. The van der Waals surface area contributed by atoms with Crippen LogP contribution in [0.2, 0.25) is 0 Å². The lowest BCUT2D eigenvalue weighted by molar-refractivity contribution is 0.0840. The first-order valence-corrected chi connectivity index (χ1v) is 9.51. The standard InChI is InChI=1S/C19H23N5O3/c25-17(15-5-1-2-9-20-15)14-4-3-11-24(12-14)19(26)21-10-8-16-22-18(27-23-16)13-6-7-13/h1-2,5,9,13-14H,3-4,6-8,10-12H2,(H,21,26). The van der Waals surface area contributed by atoms with E-state index in [4.69, 9.17) is 4.52 Å². The van der Waals surface area contributed by atoms with Gasteiger partial charge in [0.2, 0.25) is 5.89 Å². The van der Waals surface area contributed by atoms with Gasteiger partial charge in [-0.25, -0.2) is 4.79 Å². The fraction of sp³-hybridized carbons (Fsp3) is 0.526. The lowest BCUT2D eigenvalue weighted by Gasteiger charge is -2.31. The third-order valence-electron chi connectivity index (χ3n) is 5.03. The Balaban J connectivity index is 1.26. The molecule has 2 amide bonds. The Morgan fingerprint density at radius 3 is 2.93 bits per heavy atom. The van der Waals surface area contributed by atoms with E-state index in [1.165, 1.54) is 0 Å². The number of urea groups is 1. The number of Topliss-reactive ketones (excluding diaryl/α,β-unsaturated/α-hetero) is 1. The van der Waals surface area contributed by atoms with Gasteiger partial charge in [0, 0.05) is 44.1 Å². The molecule has 142 valence electrons. The number of carbonyl (C=O) groups excluding carboxylic acids is 2. The van der Waals surface area contributed by atoms with Crippen LogP contribution in [0.4, 0.5) is 4.79 Å². The van der Waals surface area contributed by atoms with E-state index in [2.05, 4.69) is 20.4 Å². The van der Waals surface area contributed by atoms with E-state index in [0.29, 0.717) is 49.4 Å². The number of likely N-dealkylation sites (tertiary alicyclic amines) is 1. The molecule has 0 radical (unpaired) electrons. The smallest absolute Gasteiger partial charge is 0.317 e. The molecule has 4 rings (SSSR count). The molecule has 2 fully saturated rings. The first-order valence-electron chi connectivity index (χ1n) is 9.51. The summed E-state index contributed by atoms with van der Waals surface area (Å²) in [4.78, 5) is 35.2. The predicted octanol–water partition coefficient (Wildman–Crippen LogP) is 2.19. The second kappa shape index (κ2) is 7.85. The maximum absolute atomic E-state index is 12.6. The molecule has 1 N–H and O–H groups in total. The Bertz CT molecular complexity index is 803. The molecule has 1 saturated carbocycles. The van der Waals surface area contributed by atoms with Crippen LogP contribution in [0.25, 0.3) is 0 Å². The van der Waals surface area contributed by atoms with Crippen molar-refractivity contribution in [2.45, 2.75) is 38.0 Å². The number of nitrogens with zero attached hydrogens (tertiary/aromatic N) is 4. The van der Waals surface area contributed by atoms with Crippen molar-refractivity contribution in [1.82, 2.24) is 25.3 Å². The fourth-order valence-electron chi connectivity index (χ4n) is 3.35. The molecule has 8 nitrogen and oxygen atoms in total. The van der Waals surface area contributed by atoms with Crippen LogP contribution in [0.3, 0.4) is 0 Å².